The molecule has 0 saturated carbocycles. The van der Waals surface area contributed by atoms with Crippen LogP contribution < -0.4 is 5.32 Å². The lowest BCUT2D eigenvalue weighted by atomic mass is 10.6. The van der Waals surface area contributed by atoms with Gasteiger partial charge in [-0.15, -0.1) is 0 Å². The molecule has 0 aliphatic carbocycles. The average molecular weight is 188 g/mol. The van der Waals surface area contributed by atoms with Crippen LogP contribution in [0.3, 0.4) is 0 Å². The number of nitrogens with one attached hydrogen (secondary N) is 1. The van der Waals surface area contributed by atoms with Crippen molar-refractivity contribution in [2.24, 2.45) is 0 Å². The Labute approximate surface area is 72.7 Å². The zero-order chi connectivity index (χ0) is 9.14. The molecule has 0 aliphatic rings. The van der Waals surface area contributed by atoms with Gasteiger partial charge in [0.05, 0.1) is 6.20 Å². The van der Waals surface area contributed by atoms with Gasteiger partial charge in [0, 0.05) is 0 Å². The SMILES string of the molecule is C[C@H](O)Nc1ncc(C(=O)O)s1. The maximum atomic E-state index is 10.4. The van der Waals surface area contributed by atoms with Gasteiger partial charge < -0.3 is 15.5 Å². The second kappa shape index (κ2) is 3.51. The fourth-order valence-corrected chi connectivity index (χ4v) is 1.35. The summed E-state index contributed by atoms with van der Waals surface area (Å²) >= 11 is 0.988. The largest absolute Gasteiger partial charge is 0.477 e. The van der Waals surface area contributed by atoms with Crippen molar-refractivity contribution in [2.45, 2.75) is 13.2 Å². The van der Waals surface area contributed by atoms with Crippen LogP contribution in [0.4, 0.5) is 5.13 Å². The lowest BCUT2D eigenvalue weighted by molar-refractivity contribution is 0.0702. The Morgan fingerprint density at radius 3 is 2.92 bits per heavy atom. The smallest absolute Gasteiger partial charge is 0.347 e. The Morgan fingerprint density at radius 2 is 2.50 bits per heavy atom. The number of aromatic nitrogens is 1. The van der Waals surface area contributed by atoms with Crippen molar-refractivity contribution in [3.8, 4) is 0 Å². The van der Waals surface area contributed by atoms with Crippen LogP contribution in [0.25, 0.3) is 0 Å². The summed E-state index contributed by atoms with van der Waals surface area (Å²) in [6.45, 7) is 1.53. The molecule has 6 heteroatoms. The van der Waals surface area contributed by atoms with Crippen LogP contribution in [0.5, 0.6) is 0 Å². The summed E-state index contributed by atoms with van der Waals surface area (Å²) in [7, 11) is 0. The summed E-state index contributed by atoms with van der Waals surface area (Å²) in [5.74, 6) is -1.01. The van der Waals surface area contributed by atoms with E-state index in [1.807, 2.05) is 0 Å². The molecular formula is C6H8N2O3S. The number of carboxylic acid groups (broad SMARTS) is 1. The molecule has 0 bridgehead atoms. The van der Waals surface area contributed by atoms with Crippen LogP contribution in [0, 0.1) is 0 Å². The van der Waals surface area contributed by atoms with E-state index in [2.05, 4.69) is 10.3 Å². The number of thiazole rings is 1. The van der Waals surface area contributed by atoms with E-state index in [9.17, 15) is 4.79 Å². The van der Waals surface area contributed by atoms with Crippen molar-refractivity contribution in [3.63, 3.8) is 0 Å². The fourth-order valence-electron chi connectivity index (χ4n) is 0.618. The first-order valence-electron chi connectivity index (χ1n) is 3.23. The number of aromatic carboxylic acids is 1. The fraction of sp³-hybridized carbons (Fsp3) is 0.333. The predicted octanol–water partition coefficient (Wildman–Crippen LogP) is 0.591. The Hall–Kier alpha value is -1.14. The first kappa shape index (κ1) is 8.95. The molecule has 0 aliphatic heterocycles. The maximum absolute atomic E-state index is 10.4. The molecule has 1 aromatic rings. The van der Waals surface area contributed by atoms with E-state index in [1.54, 1.807) is 0 Å². The van der Waals surface area contributed by atoms with Gasteiger partial charge in [-0.3, -0.25) is 0 Å². The lowest BCUT2D eigenvalue weighted by Gasteiger charge is -2.02. The molecule has 0 radical (unpaired) electrons. The van der Waals surface area contributed by atoms with Gasteiger partial charge in [-0.05, 0) is 6.92 Å². The normalized spacial score (nSPS) is 12.5. The van der Waals surface area contributed by atoms with E-state index < -0.39 is 12.2 Å². The Kier molecular flexibility index (Phi) is 2.61. The van der Waals surface area contributed by atoms with Crippen molar-refractivity contribution < 1.29 is 15.0 Å². The van der Waals surface area contributed by atoms with Crippen LogP contribution >= 0.6 is 11.3 Å². The molecule has 5 nitrogen and oxygen atoms in total. The van der Waals surface area contributed by atoms with Crippen molar-refractivity contribution in [3.05, 3.63) is 11.1 Å². The molecule has 1 heterocycles. The summed E-state index contributed by atoms with van der Waals surface area (Å²) in [6, 6.07) is 0. The number of aliphatic hydroxyl groups excluding tert-OH is 1. The second-order valence-corrected chi connectivity index (χ2v) is 3.19. The molecule has 3 N–H and O–H groups in total. The summed E-state index contributed by atoms with van der Waals surface area (Å²) in [4.78, 5) is 14.3. The standard InChI is InChI=1S/C6H8N2O3S/c1-3(9)8-6-7-2-4(12-6)5(10)11/h2-3,9H,1H3,(H,7,8)(H,10,11)/t3-/m0/s1. The van der Waals surface area contributed by atoms with Gasteiger partial charge in [-0.1, -0.05) is 11.3 Å². The summed E-state index contributed by atoms with van der Waals surface area (Å²) in [5, 5.41) is 20.4. The molecular weight excluding hydrogens is 180 g/mol. The number of hydrogen-bond acceptors (Lipinski definition) is 5. The van der Waals surface area contributed by atoms with Gasteiger partial charge in [0.2, 0.25) is 0 Å². The second-order valence-electron chi connectivity index (χ2n) is 2.16. The summed E-state index contributed by atoms with van der Waals surface area (Å²) < 4.78 is 0. The molecule has 1 rings (SSSR count). The van der Waals surface area contributed by atoms with Crippen molar-refractivity contribution in [1.29, 1.82) is 0 Å². The molecule has 0 amide bonds. The third kappa shape index (κ3) is 2.18. The van der Waals surface area contributed by atoms with Crippen LogP contribution in [0.1, 0.15) is 16.6 Å². The van der Waals surface area contributed by atoms with Gasteiger partial charge in [0.15, 0.2) is 5.13 Å². The van der Waals surface area contributed by atoms with Crippen LogP contribution in [-0.4, -0.2) is 27.4 Å². The molecule has 66 valence electrons. The molecule has 1 aromatic heterocycles. The predicted molar refractivity (Wildman–Crippen MR) is 44.4 cm³/mol. The van der Waals surface area contributed by atoms with Crippen LogP contribution in [-0.2, 0) is 0 Å². The highest BCUT2D eigenvalue weighted by Crippen LogP contribution is 2.17. The highest BCUT2D eigenvalue weighted by molar-refractivity contribution is 7.17. The van der Waals surface area contributed by atoms with E-state index in [0.29, 0.717) is 5.13 Å². The molecule has 12 heavy (non-hydrogen) atoms. The highest BCUT2D eigenvalue weighted by Gasteiger charge is 2.08. The maximum Gasteiger partial charge on any atom is 0.347 e. The Balaban J connectivity index is 2.71. The van der Waals surface area contributed by atoms with Gasteiger partial charge in [-0.25, -0.2) is 9.78 Å². The van der Waals surface area contributed by atoms with Gasteiger partial charge >= 0.3 is 5.97 Å². The van der Waals surface area contributed by atoms with E-state index in [-0.39, 0.29) is 4.88 Å². The lowest BCUT2D eigenvalue weighted by Crippen LogP contribution is -2.12. The Morgan fingerprint density at radius 1 is 1.83 bits per heavy atom. The van der Waals surface area contributed by atoms with Crippen molar-refractivity contribution in [2.75, 3.05) is 5.32 Å². The minimum Gasteiger partial charge on any atom is -0.477 e. The molecule has 0 spiro atoms. The molecule has 0 unspecified atom stereocenters. The number of anilines is 1. The summed E-state index contributed by atoms with van der Waals surface area (Å²) in [6.07, 6.45) is 0.523. The number of aliphatic hydroxyl groups is 1. The number of hydrogen-bond donors (Lipinski definition) is 3. The van der Waals surface area contributed by atoms with Crippen molar-refractivity contribution in [1.82, 2.24) is 4.98 Å². The molecule has 0 fully saturated rings. The Bertz CT molecular complexity index is 284. The summed E-state index contributed by atoms with van der Waals surface area (Å²) in [5.41, 5.74) is 0. The van der Waals surface area contributed by atoms with E-state index in [4.69, 9.17) is 10.2 Å². The monoisotopic (exact) mass is 188 g/mol. The van der Waals surface area contributed by atoms with Crippen molar-refractivity contribution >= 4 is 22.4 Å². The molecule has 0 aromatic carbocycles. The third-order valence-corrected chi connectivity index (χ3v) is 1.97. The molecule has 1 atom stereocenters. The van der Waals surface area contributed by atoms with Gasteiger partial charge in [0.25, 0.3) is 0 Å². The minimum atomic E-state index is -1.01. The van der Waals surface area contributed by atoms with E-state index in [0.717, 1.165) is 11.3 Å². The zero-order valence-corrected chi connectivity index (χ0v) is 7.13. The first-order valence-corrected chi connectivity index (χ1v) is 4.05. The minimum absolute atomic E-state index is 0.151. The van der Waals surface area contributed by atoms with Gasteiger partial charge in [-0.2, -0.15) is 0 Å². The molecule has 0 saturated heterocycles. The highest BCUT2D eigenvalue weighted by atomic mass is 32.1. The number of carbonyl (C=O) groups is 1. The number of carboxylic acids is 1. The topological polar surface area (TPSA) is 82.5 Å². The number of rotatable bonds is 3. The number of nitrogens with zero attached hydrogens (tertiary/aromatic N) is 1. The zero-order valence-electron chi connectivity index (χ0n) is 6.31. The van der Waals surface area contributed by atoms with Gasteiger partial charge in [0.1, 0.15) is 11.1 Å². The van der Waals surface area contributed by atoms with E-state index >= 15 is 0 Å². The van der Waals surface area contributed by atoms with Crippen LogP contribution in [0.2, 0.25) is 0 Å². The van der Waals surface area contributed by atoms with Crippen LogP contribution in [0.15, 0.2) is 6.20 Å². The van der Waals surface area contributed by atoms with E-state index in [1.165, 1.54) is 13.1 Å². The first-order chi connectivity index (χ1) is 5.59. The third-order valence-electron chi connectivity index (χ3n) is 1.05. The quantitative estimate of drug-likeness (QED) is 0.605. The average Bonchev–Trinajstić information content (AvgIpc) is 2.34.